The van der Waals surface area contributed by atoms with Crippen LogP contribution in [-0.2, 0) is 32.1 Å². The number of quaternary nitrogens is 2. The van der Waals surface area contributed by atoms with E-state index < -0.39 is 11.9 Å². The topological polar surface area (TPSA) is 130 Å². The van der Waals surface area contributed by atoms with Crippen LogP contribution in [-0.4, -0.2) is 81.8 Å². The van der Waals surface area contributed by atoms with E-state index >= 15 is 0 Å². The van der Waals surface area contributed by atoms with E-state index in [2.05, 4.69) is 20.3 Å². The predicted molar refractivity (Wildman–Crippen MR) is 117 cm³/mol. The molecule has 0 saturated heterocycles. The van der Waals surface area contributed by atoms with Gasteiger partial charge in [0.25, 0.3) is 0 Å². The molecule has 0 saturated carbocycles. The van der Waals surface area contributed by atoms with Crippen molar-refractivity contribution in [3.63, 3.8) is 0 Å². The monoisotopic (exact) mass is 474 g/mol. The molecule has 12 nitrogen and oxygen atoms in total. The Morgan fingerprint density at radius 2 is 1.24 bits per heavy atom. The second-order valence-electron chi connectivity index (χ2n) is 8.85. The SMILES string of the molecule is CCc1nc(C2=CC[N+](C)(OC(=O)C(=O)O[N+]3(C)CC=C(c4noc(CC)n4)CC3)CC2)no1. The molecule has 0 spiro atoms. The first kappa shape index (κ1) is 23.8. The molecule has 34 heavy (non-hydrogen) atoms. The molecule has 2 aromatic rings. The van der Waals surface area contributed by atoms with Gasteiger partial charge in [0, 0.05) is 36.8 Å². The van der Waals surface area contributed by atoms with E-state index in [0.29, 0.717) is 75.3 Å². The van der Waals surface area contributed by atoms with E-state index in [1.807, 2.05) is 26.0 Å². The minimum atomic E-state index is -1.02. The average molecular weight is 475 g/mol. The summed E-state index contributed by atoms with van der Waals surface area (Å²) in [5, 5.41) is 7.97. The molecule has 2 aliphatic heterocycles. The number of hydrogen-bond donors (Lipinski definition) is 0. The number of likely N-dealkylation sites (N-methyl/N-ethyl adjacent to an activating group) is 2. The molecule has 2 unspecified atom stereocenters. The van der Waals surface area contributed by atoms with Crippen LogP contribution in [0, 0.1) is 0 Å². The second-order valence-corrected chi connectivity index (χ2v) is 8.85. The van der Waals surface area contributed by atoms with Crippen molar-refractivity contribution in [2.75, 3.05) is 40.3 Å². The predicted octanol–water partition coefficient (Wildman–Crippen LogP) is 1.66. The van der Waals surface area contributed by atoms with Gasteiger partial charge in [-0.2, -0.15) is 9.97 Å². The first-order valence-corrected chi connectivity index (χ1v) is 11.4. The second kappa shape index (κ2) is 9.47. The van der Waals surface area contributed by atoms with Crippen molar-refractivity contribution < 1.29 is 37.6 Å². The first-order valence-electron chi connectivity index (χ1n) is 11.4. The van der Waals surface area contributed by atoms with Crippen LogP contribution < -0.4 is 0 Å². The zero-order valence-corrected chi connectivity index (χ0v) is 19.9. The third-order valence-electron chi connectivity index (χ3n) is 6.04. The number of aromatic nitrogens is 4. The molecule has 0 fully saturated rings. The van der Waals surface area contributed by atoms with E-state index in [4.69, 9.17) is 18.7 Å². The summed E-state index contributed by atoms with van der Waals surface area (Å²) in [7, 11) is 3.49. The number of nitrogens with zero attached hydrogens (tertiary/aromatic N) is 6. The first-order chi connectivity index (χ1) is 16.2. The van der Waals surface area contributed by atoms with Gasteiger partial charge < -0.3 is 9.05 Å². The fourth-order valence-corrected chi connectivity index (χ4v) is 3.81. The van der Waals surface area contributed by atoms with E-state index in [-0.39, 0.29) is 9.29 Å². The molecule has 0 amide bonds. The van der Waals surface area contributed by atoms with Crippen molar-refractivity contribution in [3.05, 3.63) is 35.6 Å². The van der Waals surface area contributed by atoms with E-state index in [0.717, 1.165) is 11.1 Å². The number of carbonyl (C=O) groups excluding carboxylic acids is 2. The number of carbonyl (C=O) groups is 2. The highest BCUT2D eigenvalue weighted by Crippen LogP contribution is 2.26. The van der Waals surface area contributed by atoms with Crippen LogP contribution in [0.25, 0.3) is 11.1 Å². The minimum absolute atomic E-state index is 0.0682. The van der Waals surface area contributed by atoms with Crippen molar-refractivity contribution in [1.82, 2.24) is 20.3 Å². The number of hydroxylamine groups is 6. The Kier molecular flexibility index (Phi) is 6.62. The maximum Gasteiger partial charge on any atom is 0.480 e. The highest BCUT2D eigenvalue weighted by Gasteiger charge is 2.40. The van der Waals surface area contributed by atoms with Crippen LogP contribution in [0.3, 0.4) is 0 Å². The summed E-state index contributed by atoms with van der Waals surface area (Å²) in [4.78, 5) is 44.7. The number of rotatable bonds is 6. The highest BCUT2D eigenvalue weighted by molar-refractivity contribution is 6.29. The lowest BCUT2D eigenvalue weighted by Crippen LogP contribution is -2.53. The van der Waals surface area contributed by atoms with Crippen molar-refractivity contribution in [1.29, 1.82) is 0 Å². The third kappa shape index (κ3) is 5.23. The molecule has 4 heterocycles. The van der Waals surface area contributed by atoms with Crippen LogP contribution in [0.1, 0.15) is 50.1 Å². The van der Waals surface area contributed by atoms with Crippen molar-refractivity contribution >= 4 is 23.1 Å². The van der Waals surface area contributed by atoms with Crippen LogP contribution in [0.15, 0.2) is 21.2 Å². The normalized spacial score (nSPS) is 24.8. The maximum absolute atomic E-state index is 12.5. The Labute approximate surface area is 196 Å². The van der Waals surface area contributed by atoms with Gasteiger partial charge in [0.2, 0.25) is 11.8 Å². The molecule has 0 N–H and O–H groups in total. The Hall–Kier alpha value is -3.38. The standard InChI is InChI=1S/C22H30N6O6/c1-5-17-23-19(25-31-17)15-7-11-27(3,12-8-15)33-21(29)22(30)34-28(4)13-9-16(10-14-28)20-24-18(6-2)32-26-20/h7,9H,5-6,8,10-14H2,1-4H3/q+2. The largest absolute Gasteiger partial charge is 0.480 e. The summed E-state index contributed by atoms with van der Waals surface area (Å²) in [6, 6.07) is 0. The zero-order valence-electron chi connectivity index (χ0n) is 19.9. The van der Waals surface area contributed by atoms with Gasteiger partial charge >= 0.3 is 11.9 Å². The van der Waals surface area contributed by atoms with Crippen LogP contribution in [0.4, 0.5) is 0 Å². The zero-order chi connectivity index (χ0) is 24.3. The summed E-state index contributed by atoms with van der Waals surface area (Å²) in [5.74, 6) is 0.213. The molecule has 2 atom stereocenters. The molecule has 2 aliphatic rings. The van der Waals surface area contributed by atoms with Gasteiger partial charge in [-0.1, -0.05) is 24.2 Å². The Morgan fingerprint density at radius 3 is 1.53 bits per heavy atom. The van der Waals surface area contributed by atoms with Gasteiger partial charge in [0.15, 0.2) is 11.6 Å². The lowest BCUT2D eigenvalue weighted by atomic mass is 10.1. The van der Waals surface area contributed by atoms with Crippen molar-refractivity contribution in [2.45, 2.75) is 39.5 Å². The Balaban J connectivity index is 1.32. The molecule has 4 rings (SSSR count). The number of aryl methyl sites for hydroxylation is 2. The van der Waals surface area contributed by atoms with Gasteiger partial charge in [-0.05, 0) is 12.2 Å². The summed E-state index contributed by atoms with van der Waals surface area (Å²) >= 11 is 0. The van der Waals surface area contributed by atoms with Crippen molar-refractivity contribution in [2.24, 2.45) is 0 Å². The van der Waals surface area contributed by atoms with Gasteiger partial charge in [0.1, 0.15) is 40.3 Å². The maximum atomic E-state index is 12.5. The molecule has 12 heteroatoms. The van der Waals surface area contributed by atoms with Gasteiger partial charge in [-0.25, -0.2) is 9.59 Å². The highest BCUT2D eigenvalue weighted by atomic mass is 16.8. The Morgan fingerprint density at radius 1 is 0.824 bits per heavy atom. The quantitative estimate of drug-likeness (QED) is 0.450. The third-order valence-corrected chi connectivity index (χ3v) is 6.04. The van der Waals surface area contributed by atoms with Gasteiger partial charge in [-0.3, -0.25) is 9.68 Å². The molecule has 0 bridgehead atoms. The summed E-state index contributed by atoms with van der Waals surface area (Å²) in [6.45, 7) is 5.60. The number of hydrogen-bond acceptors (Lipinski definition) is 10. The molecule has 0 aromatic carbocycles. The summed E-state index contributed by atoms with van der Waals surface area (Å²) in [5.41, 5.74) is 1.86. The van der Waals surface area contributed by atoms with E-state index in [1.165, 1.54) is 0 Å². The molecule has 0 radical (unpaired) electrons. The molecular weight excluding hydrogens is 444 g/mol. The van der Waals surface area contributed by atoms with Crippen molar-refractivity contribution in [3.8, 4) is 0 Å². The molecular formula is C22H30N6O6+2. The molecule has 0 aliphatic carbocycles. The van der Waals surface area contributed by atoms with Crippen LogP contribution >= 0.6 is 0 Å². The fraction of sp³-hybridized carbons (Fsp3) is 0.545. The minimum Gasteiger partial charge on any atom is -0.339 e. The van der Waals surface area contributed by atoms with Crippen LogP contribution in [0.2, 0.25) is 0 Å². The fourth-order valence-electron chi connectivity index (χ4n) is 3.81. The summed E-state index contributed by atoms with van der Waals surface area (Å²) < 4.78 is 10.2. The molecule has 2 aromatic heterocycles. The summed E-state index contributed by atoms with van der Waals surface area (Å²) in [6.07, 6.45) is 6.30. The smallest absolute Gasteiger partial charge is 0.339 e. The average Bonchev–Trinajstić information content (AvgIpc) is 3.49. The van der Waals surface area contributed by atoms with Crippen LogP contribution in [0.5, 0.6) is 0 Å². The lowest BCUT2D eigenvalue weighted by molar-refractivity contribution is -1.08. The van der Waals surface area contributed by atoms with E-state index in [9.17, 15) is 9.59 Å². The lowest BCUT2D eigenvalue weighted by Gasteiger charge is -2.34. The Bertz CT molecular complexity index is 1050. The van der Waals surface area contributed by atoms with E-state index in [1.54, 1.807) is 14.1 Å². The van der Waals surface area contributed by atoms with Gasteiger partial charge in [-0.15, -0.1) is 9.29 Å². The van der Waals surface area contributed by atoms with Gasteiger partial charge in [0.05, 0.1) is 0 Å². The molecule has 182 valence electrons.